The maximum atomic E-state index is 12.8. The van der Waals surface area contributed by atoms with Crippen molar-refractivity contribution in [2.24, 2.45) is 0 Å². The second-order valence-corrected chi connectivity index (χ2v) is 11.4. The Morgan fingerprint density at radius 2 is 1.82 bits per heavy atom. The molecule has 0 bridgehead atoms. The summed E-state index contributed by atoms with van der Waals surface area (Å²) in [5, 5.41) is 4.30. The highest BCUT2D eigenvalue weighted by atomic mass is 35.5. The summed E-state index contributed by atoms with van der Waals surface area (Å²) in [7, 11) is 0. The van der Waals surface area contributed by atoms with Crippen LogP contribution in [0, 0.1) is 13.8 Å². The monoisotopic (exact) mass is 577 g/mol. The molecular formula is C30H36ClN7OS. The third-order valence-corrected chi connectivity index (χ3v) is 8.70. The van der Waals surface area contributed by atoms with Crippen molar-refractivity contribution in [1.29, 1.82) is 0 Å². The van der Waals surface area contributed by atoms with Gasteiger partial charge in [0.2, 0.25) is 5.95 Å². The molecule has 2 aliphatic rings. The Morgan fingerprint density at radius 1 is 1.12 bits per heavy atom. The molecule has 8 nitrogen and oxygen atoms in total. The number of likely N-dealkylation sites (tertiary alicyclic amines) is 1. The van der Waals surface area contributed by atoms with Crippen molar-refractivity contribution in [3.8, 4) is 0 Å². The number of pyridine rings is 1. The van der Waals surface area contributed by atoms with Crippen LogP contribution in [-0.2, 0) is 0 Å². The number of amides is 1. The Hall–Kier alpha value is -3.14. The number of carbonyl (C=O) groups excluding carboxylic acids is 1. The molecule has 2 unspecified atom stereocenters. The molecule has 2 saturated heterocycles. The number of benzene rings is 1. The molecule has 2 aliphatic heterocycles. The van der Waals surface area contributed by atoms with Crippen molar-refractivity contribution >= 4 is 40.8 Å². The second kappa shape index (κ2) is 12.6. The van der Waals surface area contributed by atoms with Gasteiger partial charge in [-0.15, -0.1) is 0 Å². The number of piperidine rings is 1. The quantitative estimate of drug-likeness (QED) is 0.297. The number of aromatic nitrogens is 3. The predicted octanol–water partition coefficient (Wildman–Crippen LogP) is 4.96. The summed E-state index contributed by atoms with van der Waals surface area (Å²) < 4.78 is 0. The molecule has 2 atom stereocenters. The van der Waals surface area contributed by atoms with Gasteiger partial charge >= 0.3 is 0 Å². The van der Waals surface area contributed by atoms with E-state index in [0.29, 0.717) is 41.0 Å². The van der Waals surface area contributed by atoms with Crippen LogP contribution in [0.25, 0.3) is 0 Å². The third kappa shape index (κ3) is 6.11. The zero-order valence-corrected chi connectivity index (χ0v) is 24.8. The van der Waals surface area contributed by atoms with Gasteiger partial charge in [-0.25, -0.2) is 15.0 Å². The van der Waals surface area contributed by atoms with Gasteiger partial charge in [-0.2, -0.15) is 0 Å². The number of carbonyl (C=O) groups is 1. The van der Waals surface area contributed by atoms with Crippen molar-refractivity contribution in [3.05, 3.63) is 82.4 Å². The van der Waals surface area contributed by atoms with Crippen molar-refractivity contribution in [2.45, 2.75) is 58.2 Å². The van der Waals surface area contributed by atoms with Gasteiger partial charge in [0, 0.05) is 44.1 Å². The molecule has 1 amide bonds. The van der Waals surface area contributed by atoms with E-state index in [0.717, 1.165) is 49.6 Å². The van der Waals surface area contributed by atoms with Crippen LogP contribution in [0.15, 0.2) is 54.9 Å². The highest BCUT2D eigenvalue weighted by Crippen LogP contribution is 2.36. The van der Waals surface area contributed by atoms with E-state index in [1.807, 2.05) is 19.9 Å². The second-order valence-electron chi connectivity index (χ2n) is 10.7. The van der Waals surface area contributed by atoms with E-state index in [2.05, 4.69) is 72.2 Å². The molecule has 5 rings (SSSR count). The molecule has 1 N–H and O–H groups in total. The minimum Gasteiger partial charge on any atom is -0.352 e. The van der Waals surface area contributed by atoms with Gasteiger partial charge < -0.3 is 15.1 Å². The van der Waals surface area contributed by atoms with Gasteiger partial charge in [0.15, 0.2) is 5.11 Å². The Kier molecular flexibility index (Phi) is 8.93. The topological polar surface area (TPSA) is 77.5 Å². The minimum atomic E-state index is -0.0912. The van der Waals surface area contributed by atoms with Crippen molar-refractivity contribution in [2.75, 3.05) is 31.1 Å². The number of thiocarbonyl (C=S) groups is 1. The summed E-state index contributed by atoms with van der Waals surface area (Å²) in [5.41, 5.74) is 3.37. The van der Waals surface area contributed by atoms with Crippen molar-refractivity contribution < 1.29 is 4.79 Å². The molecule has 2 aromatic heterocycles. The fraction of sp³-hybridized carbons (Fsp3) is 0.433. The van der Waals surface area contributed by atoms with Crippen molar-refractivity contribution in [3.63, 3.8) is 0 Å². The first-order valence-corrected chi connectivity index (χ1v) is 14.7. The van der Waals surface area contributed by atoms with Gasteiger partial charge in [-0.1, -0.05) is 41.9 Å². The Morgan fingerprint density at radius 3 is 2.50 bits per heavy atom. The molecule has 4 heterocycles. The lowest BCUT2D eigenvalue weighted by Crippen LogP contribution is -2.49. The standard InChI is InChI=1S/C30H36ClN7OS/c1-20-18-26(31)35-22(3)27(20)28(39)32-15-10-21(2)36-16-11-24(12-17-36)38-25(23-8-5-4-6-9-23)19-37(30(38)40)29-33-13-7-14-34-29/h4-9,13-14,18,21,24-25H,10-12,15-17,19H2,1-3H3,(H,32,39). The first-order valence-electron chi connectivity index (χ1n) is 13.9. The van der Waals surface area contributed by atoms with Gasteiger partial charge in [-0.3, -0.25) is 9.69 Å². The van der Waals surface area contributed by atoms with E-state index in [9.17, 15) is 4.79 Å². The number of hydrogen-bond acceptors (Lipinski definition) is 6. The lowest BCUT2D eigenvalue weighted by atomic mass is 9.98. The number of halogens is 1. The van der Waals surface area contributed by atoms with Crippen LogP contribution in [0.1, 0.15) is 59.4 Å². The molecule has 0 radical (unpaired) electrons. The lowest BCUT2D eigenvalue weighted by Gasteiger charge is -2.42. The zero-order chi connectivity index (χ0) is 28.2. The van der Waals surface area contributed by atoms with Crippen LogP contribution < -0.4 is 10.2 Å². The highest BCUT2D eigenvalue weighted by molar-refractivity contribution is 7.80. The molecule has 210 valence electrons. The smallest absolute Gasteiger partial charge is 0.253 e. The summed E-state index contributed by atoms with van der Waals surface area (Å²) in [6, 6.07) is 15.0. The van der Waals surface area contributed by atoms with E-state index < -0.39 is 0 Å². The number of anilines is 1. The fourth-order valence-corrected chi connectivity index (χ4v) is 6.68. The molecule has 40 heavy (non-hydrogen) atoms. The van der Waals surface area contributed by atoms with E-state index in [4.69, 9.17) is 23.8 Å². The van der Waals surface area contributed by atoms with Crippen LogP contribution in [0.5, 0.6) is 0 Å². The molecule has 1 aromatic carbocycles. The Balaban J connectivity index is 1.18. The van der Waals surface area contributed by atoms with E-state index in [-0.39, 0.29) is 11.9 Å². The average Bonchev–Trinajstić information content (AvgIpc) is 3.30. The maximum Gasteiger partial charge on any atom is 0.253 e. The van der Waals surface area contributed by atoms with Gasteiger partial charge in [0.05, 0.1) is 23.8 Å². The fourth-order valence-electron chi connectivity index (χ4n) is 5.96. The third-order valence-electron chi connectivity index (χ3n) is 8.08. The normalized spacial score (nSPS) is 19.2. The number of rotatable bonds is 8. The van der Waals surface area contributed by atoms with Crippen LogP contribution in [0.4, 0.5) is 5.95 Å². The summed E-state index contributed by atoms with van der Waals surface area (Å²) in [6.07, 6.45) is 6.46. The summed E-state index contributed by atoms with van der Waals surface area (Å²) >= 11 is 12.1. The van der Waals surface area contributed by atoms with Gasteiger partial charge in [0.1, 0.15) is 5.15 Å². The van der Waals surface area contributed by atoms with E-state index >= 15 is 0 Å². The summed E-state index contributed by atoms with van der Waals surface area (Å²) in [6.45, 7) is 9.28. The molecule has 0 aliphatic carbocycles. The lowest BCUT2D eigenvalue weighted by molar-refractivity contribution is 0.0930. The molecule has 0 saturated carbocycles. The van der Waals surface area contributed by atoms with Crippen LogP contribution in [0.2, 0.25) is 5.15 Å². The summed E-state index contributed by atoms with van der Waals surface area (Å²) in [5.74, 6) is 0.565. The van der Waals surface area contributed by atoms with Crippen molar-refractivity contribution in [1.82, 2.24) is 30.1 Å². The number of hydrogen-bond donors (Lipinski definition) is 1. The van der Waals surface area contributed by atoms with Gasteiger partial charge in [0.25, 0.3) is 5.91 Å². The largest absolute Gasteiger partial charge is 0.352 e. The van der Waals surface area contributed by atoms with Crippen LogP contribution in [-0.4, -0.2) is 74.0 Å². The first kappa shape index (κ1) is 28.4. The number of nitrogens with zero attached hydrogens (tertiary/aromatic N) is 6. The number of aryl methyl sites for hydroxylation is 2. The SMILES string of the molecule is Cc1cc(Cl)nc(C)c1C(=O)NCCC(C)N1CCC(N2C(=S)N(c3ncccn3)CC2c2ccccc2)CC1. The van der Waals surface area contributed by atoms with Crippen LogP contribution in [0.3, 0.4) is 0 Å². The molecule has 2 fully saturated rings. The van der Waals surface area contributed by atoms with E-state index in [1.54, 1.807) is 18.5 Å². The van der Waals surface area contributed by atoms with Gasteiger partial charge in [-0.05, 0) is 75.5 Å². The Bertz CT molecular complexity index is 1310. The molecule has 10 heteroatoms. The highest BCUT2D eigenvalue weighted by Gasteiger charge is 2.42. The first-order chi connectivity index (χ1) is 19.3. The minimum absolute atomic E-state index is 0.0912. The molecular weight excluding hydrogens is 542 g/mol. The Labute approximate surface area is 246 Å². The van der Waals surface area contributed by atoms with Crippen LogP contribution >= 0.6 is 23.8 Å². The average molecular weight is 578 g/mol. The predicted molar refractivity (Wildman–Crippen MR) is 163 cm³/mol. The zero-order valence-electron chi connectivity index (χ0n) is 23.3. The maximum absolute atomic E-state index is 12.8. The summed E-state index contributed by atoms with van der Waals surface area (Å²) in [4.78, 5) is 33.0. The number of nitrogens with one attached hydrogen (secondary N) is 1. The molecule has 3 aromatic rings. The molecule has 0 spiro atoms. The van der Waals surface area contributed by atoms with E-state index in [1.165, 1.54) is 5.56 Å².